The third-order valence-corrected chi connectivity index (χ3v) is 3.66. The molecule has 4 nitrogen and oxygen atoms in total. The number of hydrogen-bond donors (Lipinski definition) is 1. The fourth-order valence-electron chi connectivity index (χ4n) is 2.22. The SMILES string of the molecule is Cc1ccccc1-c1n[nH]c(=S)n1/N=C\C=C\c1ccccc1. The lowest BCUT2D eigenvalue weighted by molar-refractivity contribution is 0.871. The molecule has 0 amide bonds. The predicted octanol–water partition coefficient (Wildman–Crippen LogP) is 4.46. The smallest absolute Gasteiger partial charge is 0.216 e. The van der Waals surface area contributed by atoms with Gasteiger partial charge in [-0.2, -0.15) is 14.9 Å². The first kappa shape index (κ1) is 15.1. The number of H-pyrrole nitrogens is 1. The Hall–Kier alpha value is -2.79. The third-order valence-electron chi connectivity index (χ3n) is 3.39. The highest BCUT2D eigenvalue weighted by atomic mass is 32.1. The highest BCUT2D eigenvalue weighted by Crippen LogP contribution is 2.20. The molecule has 114 valence electrons. The fourth-order valence-corrected chi connectivity index (χ4v) is 2.40. The van der Waals surface area contributed by atoms with E-state index in [0.717, 1.165) is 16.7 Å². The van der Waals surface area contributed by atoms with Crippen molar-refractivity contribution in [1.29, 1.82) is 0 Å². The summed E-state index contributed by atoms with van der Waals surface area (Å²) in [5, 5.41) is 11.5. The van der Waals surface area contributed by atoms with Crippen molar-refractivity contribution < 1.29 is 0 Å². The molecule has 3 aromatic rings. The van der Waals surface area contributed by atoms with Gasteiger partial charge in [0.2, 0.25) is 4.77 Å². The maximum atomic E-state index is 5.27. The van der Waals surface area contributed by atoms with Crippen molar-refractivity contribution >= 4 is 24.5 Å². The summed E-state index contributed by atoms with van der Waals surface area (Å²) in [6.45, 7) is 2.04. The lowest BCUT2D eigenvalue weighted by atomic mass is 10.1. The zero-order chi connectivity index (χ0) is 16.1. The molecule has 2 aromatic carbocycles. The van der Waals surface area contributed by atoms with Crippen LogP contribution in [-0.2, 0) is 0 Å². The largest absolute Gasteiger partial charge is 0.250 e. The number of nitrogens with one attached hydrogen (secondary N) is 1. The Kier molecular flexibility index (Phi) is 4.59. The molecule has 0 bridgehead atoms. The number of benzene rings is 2. The van der Waals surface area contributed by atoms with Crippen LogP contribution in [0.3, 0.4) is 0 Å². The summed E-state index contributed by atoms with van der Waals surface area (Å²) in [5.74, 6) is 0.706. The molecule has 3 rings (SSSR count). The van der Waals surface area contributed by atoms with Gasteiger partial charge in [-0.1, -0.05) is 60.7 Å². The Balaban J connectivity index is 1.88. The van der Waals surface area contributed by atoms with Crippen molar-refractivity contribution in [3.8, 4) is 11.4 Å². The van der Waals surface area contributed by atoms with Crippen LogP contribution >= 0.6 is 12.2 Å². The second-order valence-corrected chi connectivity index (χ2v) is 5.40. The van der Waals surface area contributed by atoms with Gasteiger partial charge in [-0.3, -0.25) is 0 Å². The van der Waals surface area contributed by atoms with Gasteiger partial charge in [0.15, 0.2) is 5.82 Å². The van der Waals surface area contributed by atoms with Crippen LogP contribution in [0.4, 0.5) is 0 Å². The maximum absolute atomic E-state index is 5.27. The quantitative estimate of drug-likeness (QED) is 0.570. The van der Waals surface area contributed by atoms with E-state index in [1.54, 1.807) is 10.9 Å². The normalized spacial score (nSPS) is 11.5. The Morgan fingerprint density at radius 3 is 2.61 bits per heavy atom. The molecule has 0 unspecified atom stereocenters. The van der Waals surface area contributed by atoms with Crippen molar-refractivity contribution in [1.82, 2.24) is 14.9 Å². The molecule has 0 spiro atoms. The van der Waals surface area contributed by atoms with Gasteiger partial charge in [0, 0.05) is 11.8 Å². The first-order valence-corrected chi connectivity index (χ1v) is 7.66. The van der Waals surface area contributed by atoms with Crippen molar-refractivity contribution in [2.75, 3.05) is 0 Å². The second-order valence-electron chi connectivity index (χ2n) is 5.01. The van der Waals surface area contributed by atoms with Gasteiger partial charge >= 0.3 is 0 Å². The minimum atomic E-state index is 0.465. The molecule has 0 radical (unpaired) electrons. The summed E-state index contributed by atoms with van der Waals surface area (Å²) in [5.41, 5.74) is 3.25. The number of aromatic amines is 1. The van der Waals surface area contributed by atoms with Gasteiger partial charge in [0.1, 0.15) is 0 Å². The molecular formula is C18H16N4S. The van der Waals surface area contributed by atoms with Crippen molar-refractivity contribution in [3.05, 3.63) is 76.6 Å². The molecular weight excluding hydrogens is 304 g/mol. The molecule has 23 heavy (non-hydrogen) atoms. The maximum Gasteiger partial charge on any atom is 0.216 e. The third kappa shape index (κ3) is 3.52. The highest BCUT2D eigenvalue weighted by Gasteiger charge is 2.09. The highest BCUT2D eigenvalue weighted by molar-refractivity contribution is 7.71. The zero-order valence-electron chi connectivity index (χ0n) is 12.7. The Bertz CT molecular complexity index is 904. The van der Waals surface area contributed by atoms with E-state index in [0.29, 0.717) is 10.6 Å². The van der Waals surface area contributed by atoms with Crippen molar-refractivity contribution in [3.63, 3.8) is 0 Å². The monoisotopic (exact) mass is 320 g/mol. The Morgan fingerprint density at radius 1 is 1.09 bits per heavy atom. The number of nitrogens with zero attached hydrogens (tertiary/aromatic N) is 3. The van der Waals surface area contributed by atoms with Gasteiger partial charge in [-0.25, -0.2) is 5.10 Å². The van der Waals surface area contributed by atoms with Crippen molar-refractivity contribution in [2.24, 2.45) is 5.10 Å². The number of hydrogen-bond acceptors (Lipinski definition) is 3. The van der Waals surface area contributed by atoms with E-state index in [1.807, 2.05) is 73.7 Å². The molecule has 0 aliphatic rings. The fraction of sp³-hybridized carbons (Fsp3) is 0.0556. The summed E-state index contributed by atoms with van der Waals surface area (Å²) in [6.07, 6.45) is 5.58. The van der Waals surface area contributed by atoms with Gasteiger partial charge in [-0.15, -0.1) is 0 Å². The van der Waals surface area contributed by atoms with E-state index in [1.165, 1.54) is 0 Å². The summed E-state index contributed by atoms with van der Waals surface area (Å²) in [4.78, 5) is 0. The Morgan fingerprint density at radius 2 is 1.83 bits per heavy atom. The van der Waals surface area contributed by atoms with Crippen molar-refractivity contribution in [2.45, 2.75) is 6.92 Å². The topological polar surface area (TPSA) is 46.0 Å². The first-order chi connectivity index (χ1) is 11.3. The van der Waals surface area contributed by atoms with Gasteiger partial charge < -0.3 is 0 Å². The molecule has 0 atom stereocenters. The van der Waals surface area contributed by atoms with Crippen LogP contribution in [0.2, 0.25) is 0 Å². The van der Waals surface area contributed by atoms with Crippen LogP contribution in [0.25, 0.3) is 17.5 Å². The average molecular weight is 320 g/mol. The minimum Gasteiger partial charge on any atom is -0.250 e. The summed E-state index contributed by atoms with van der Waals surface area (Å²) < 4.78 is 2.10. The molecule has 0 saturated carbocycles. The number of rotatable bonds is 4. The van der Waals surface area contributed by atoms with E-state index in [2.05, 4.69) is 15.3 Å². The lowest BCUT2D eigenvalue weighted by Gasteiger charge is -2.03. The lowest BCUT2D eigenvalue weighted by Crippen LogP contribution is -1.95. The molecule has 5 heteroatoms. The zero-order valence-corrected chi connectivity index (χ0v) is 13.5. The molecule has 1 heterocycles. The summed E-state index contributed by atoms with van der Waals surface area (Å²) in [6, 6.07) is 18.1. The first-order valence-electron chi connectivity index (χ1n) is 7.25. The van der Waals surface area contributed by atoms with Crippen LogP contribution < -0.4 is 0 Å². The van der Waals surface area contributed by atoms with E-state index in [9.17, 15) is 0 Å². The van der Waals surface area contributed by atoms with Crippen LogP contribution in [0.5, 0.6) is 0 Å². The molecule has 0 aliphatic carbocycles. The molecule has 0 saturated heterocycles. The van der Waals surface area contributed by atoms with Crippen LogP contribution in [0.15, 0.2) is 65.8 Å². The van der Waals surface area contributed by atoms with Gasteiger partial charge in [0.25, 0.3) is 0 Å². The standard InChI is InChI=1S/C18H16N4S/c1-14-8-5-6-12-16(14)17-20-21-18(23)22(17)19-13-7-11-15-9-3-2-4-10-15/h2-13H,1H3,(H,21,23)/b11-7+,19-13-. The minimum absolute atomic E-state index is 0.465. The van der Waals surface area contributed by atoms with Gasteiger partial charge in [0.05, 0.1) is 0 Å². The molecule has 1 N–H and O–H groups in total. The number of aromatic nitrogens is 3. The summed E-state index contributed by atoms with van der Waals surface area (Å²) in [7, 11) is 0. The number of aryl methyl sites for hydroxylation is 1. The van der Waals surface area contributed by atoms with Crippen LogP contribution in [0, 0.1) is 11.7 Å². The summed E-state index contributed by atoms with van der Waals surface area (Å²) >= 11 is 5.27. The van der Waals surface area contributed by atoms with E-state index >= 15 is 0 Å². The molecule has 0 fully saturated rings. The second kappa shape index (κ2) is 6.98. The van der Waals surface area contributed by atoms with Gasteiger partial charge in [-0.05, 0) is 36.3 Å². The van der Waals surface area contributed by atoms with E-state index in [-0.39, 0.29) is 0 Å². The Labute approximate surface area is 139 Å². The van der Waals surface area contributed by atoms with Crippen LogP contribution in [0.1, 0.15) is 11.1 Å². The van der Waals surface area contributed by atoms with E-state index < -0.39 is 0 Å². The van der Waals surface area contributed by atoms with E-state index in [4.69, 9.17) is 12.2 Å². The predicted molar refractivity (Wildman–Crippen MR) is 97.0 cm³/mol. The van der Waals surface area contributed by atoms with Crippen LogP contribution in [-0.4, -0.2) is 21.1 Å². The average Bonchev–Trinajstić information content (AvgIpc) is 2.94. The number of allylic oxidation sites excluding steroid dienone is 1. The molecule has 1 aromatic heterocycles. The molecule has 0 aliphatic heterocycles.